The first-order chi connectivity index (χ1) is 13.7. The smallest absolute Gasteiger partial charge is 0.269 e. The lowest BCUT2D eigenvalue weighted by Crippen LogP contribution is -2.28. The zero-order valence-electron chi connectivity index (χ0n) is 15.0. The van der Waals surface area contributed by atoms with Gasteiger partial charge in [0.25, 0.3) is 5.56 Å². The van der Waals surface area contributed by atoms with Gasteiger partial charge in [0.2, 0.25) is 5.91 Å². The van der Waals surface area contributed by atoms with Gasteiger partial charge >= 0.3 is 0 Å². The fourth-order valence-corrected chi connectivity index (χ4v) is 2.99. The molecule has 0 saturated carbocycles. The third-order valence-corrected chi connectivity index (χ3v) is 4.31. The predicted molar refractivity (Wildman–Crippen MR) is 111 cm³/mol. The molecule has 0 fully saturated rings. The quantitative estimate of drug-likeness (QED) is 0.561. The second kappa shape index (κ2) is 7.75. The Balaban J connectivity index is 1.57. The molecule has 0 aliphatic carbocycles. The van der Waals surface area contributed by atoms with Gasteiger partial charge in [-0.15, -0.1) is 0 Å². The molecule has 28 heavy (non-hydrogen) atoms. The molecule has 0 radical (unpaired) electrons. The molecule has 6 nitrogen and oxygen atoms in total. The molecule has 138 valence electrons. The van der Waals surface area contributed by atoms with E-state index in [0.717, 1.165) is 11.4 Å². The number of benzene rings is 3. The second-order valence-corrected chi connectivity index (χ2v) is 6.26. The fourth-order valence-electron chi connectivity index (χ4n) is 2.99. The molecule has 0 saturated heterocycles. The molecular weight excluding hydrogens is 352 g/mol. The van der Waals surface area contributed by atoms with E-state index in [1.54, 1.807) is 6.07 Å². The van der Waals surface area contributed by atoms with E-state index in [2.05, 4.69) is 15.6 Å². The number of carbonyl (C=O) groups is 1. The number of hydrogen-bond acceptors (Lipinski definition) is 4. The van der Waals surface area contributed by atoms with Gasteiger partial charge in [0.05, 0.1) is 28.6 Å². The van der Waals surface area contributed by atoms with Crippen molar-refractivity contribution >= 4 is 34.0 Å². The summed E-state index contributed by atoms with van der Waals surface area (Å²) in [5.74, 6) is -0.291. The first-order valence-electron chi connectivity index (χ1n) is 8.86. The molecule has 2 N–H and O–H groups in total. The summed E-state index contributed by atoms with van der Waals surface area (Å²) in [6.07, 6.45) is 1.24. The highest BCUT2D eigenvalue weighted by Crippen LogP contribution is 2.25. The van der Waals surface area contributed by atoms with Gasteiger partial charge in [-0.05, 0) is 36.4 Å². The number of fused-ring (bicyclic) bond motifs is 1. The SMILES string of the molecule is O=C(Cn1c(=O)cnc2ccccc21)Nc1ccccc1Nc1ccccc1. The minimum Gasteiger partial charge on any atom is -0.354 e. The summed E-state index contributed by atoms with van der Waals surface area (Å²) in [6, 6.07) is 24.4. The number of para-hydroxylation sites is 5. The maximum absolute atomic E-state index is 12.7. The van der Waals surface area contributed by atoms with Crippen LogP contribution in [0.4, 0.5) is 17.1 Å². The molecule has 4 rings (SSSR count). The Labute approximate surface area is 161 Å². The van der Waals surface area contributed by atoms with Crippen LogP contribution in [0.5, 0.6) is 0 Å². The van der Waals surface area contributed by atoms with Gasteiger partial charge in [-0.2, -0.15) is 0 Å². The van der Waals surface area contributed by atoms with Crippen LogP contribution >= 0.6 is 0 Å². The standard InChI is InChI=1S/C22H18N4O2/c27-21(15-26-20-13-7-6-12-19(20)23-14-22(26)28)25-18-11-5-4-10-17(18)24-16-8-2-1-3-9-16/h1-14,24H,15H2,(H,25,27). The van der Waals surface area contributed by atoms with Gasteiger partial charge < -0.3 is 10.6 Å². The van der Waals surface area contributed by atoms with E-state index in [1.165, 1.54) is 10.8 Å². The summed E-state index contributed by atoms with van der Waals surface area (Å²) in [5.41, 5.74) is 3.31. The number of anilines is 3. The topological polar surface area (TPSA) is 76.0 Å². The second-order valence-electron chi connectivity index (χ2n) is 6.26. The normalized spacial score (nSPS) is 10.6. The van der Waals surface area contributed by atoms with Crippen molar-refractivity contribution in [1.29, 1.82) is 0 Å². The van der Waals surface area contributed by atoms with Gasteiger partial charge in [0, 0.05) is 5.69 Å². The minimum atomic E-state index is -0.315. The van der Waals surface area contributed by atoms with Crippen molar-refractivity contribution in [3.63, 3.8) is 0 Å². The lowest BCUT2D eigenvalue weighted by molar-refractivity contribution is -0.116. The van der Waals surface area contributed by atoms with E-state index in [-0.39, 0.29) is 18.0 Å². The summed E-state index contributed by atoms with van der Waals surface area (Å²) >= 11 is 0. The van der Waals surface area contributed by atoms with E-state index in [0.29, 0.717) is 16.7 Å². The van der Waals surface area contributed by atoms with Gasteiger partial charge in [0.1, 0.15) is 6.54 Å². The third kappa shape index (κ3) is 3.76. The van der Waals surface area contributed by atoms with Crippen LogP contribution in [0.2, 0.25) is 0 Å². The molecule has 0 bridgehead atoms. The zero-order chi connectivity index (χ0) is 19.3. The number of hydrogen-bond donors (Lipinski definition) is 2. The summed E-state index contributed by atoms with van der Waals surface area (Å²) in [5, 5.41) is 6.18. The van der Waals surface area contributed by atoms with Crippen LogP contribution in [-0.4, -0.2) is 15.5 Å². The van der Waals surface area contributed by atoms with Crippen LogP contribution in [0.15, 0.2) is 89.9 Å². The van der Waals surface area contributed by atoms with Crippen LogP contribution < -0.4 is 16.2 Å². The molecule has 0 spiro atoms. The van der Waals surface area contributed by atoms with Crippen LogP contribution in [0.25, 0.3) is 11.0 Å². The molecule has 1 aromatic heterocycles. The molecule has 0 atom stereocenters. The first-order valence-corrected chi connectivity index (χ1v) is 8.86. The summed E-state index contributed by atoms with van der Waals surface area (Å²) in [7, 11) is 0. The lowest BCUT2D eigenvalue weighted by atomic mass is 10.2. The molecule has 0 unspecified atom stereocenters. The first kappa shape index (κ1) is 17.5. The summed E-state index contributed by atoms with van der Waals surface area (Å²) in [4.78, 5) is 29.0. The van der Waals surface area contributed by atoms with E-state index >= 15 is 0 Å². The Kier molecular flexibility index (Phi) is 4.84. The number of aromatic nitrogens is 2. The maximum atomic E-state index is 12.7. The van der Waals surface area contributed by atoms with E-state index < -0.39 is 0 Å². The summed E-state index contributed by atoms with van der Waals surface area (Å²) < 4.78 is 1.42. The Bertz CT molecular complexity index is 1190. The van der Waals surface area contributed by atoms with Crippen LogP contribution in [0.1, 0.15) is 0 Å². The Hall–Kier alpha value is -3.93. The van der Waals surface area contributed by atoms with Gasteiger partial charge in [-0.25, -0.2) is 4.98 Å². The average molecular weight is 370 g/mol. The highest BCUT2D eigenvalue weighted by atomic mass is 16.2. The number of rotatable bonds is 5. The third-order valence-electron chi connectivity index (χ3n) is 4.31. The van der Waals surface area contributed by atoms with Crippen LogP contribution in [0, 0.1) is 0 Å². The van der Waals surface area contributed by atoms with Crippen molar-refractivity contribution < 1.29 is 4.79 Å². The maximum Gasteiger partial charge on any atom is 0.269 e. The Morgan fingerprint density at radius 3 is 2.36 bits per heavy atom. The average Bonchev–Trinajstić information content (AvgIpc) is 2.72. The molecule has 6 heteroatoms. The highest BCUT2D eigenvalue weighted by molar-refractivity contribution is 5.95. The number of nitrogens with zero attached hydrogens (tertiary/aromatic N) is 2. The Morgan fingerprint density at radius 2 is 1.54 bits per heavy atom. The molecule has 0 aliphatic heterocycles. The van der Waals surface area contributed by atoms with Crippen molar-refractivity contribution in [2.75, 3.05) is 10.6 Å². The minimum absolute atomic E-state index is 0.0957. The molecule has 1 heterocycles. The van der Waals surface area contributed by atoms with Crippen molar-refractivity contribution in [1.82, 2.24) is 9.55 Å². The van der Waals surface area contributed by atoms with Crippen LogP contribution in [0.3, 0.4) is 0 Å². The largest absolute Gasteiger partial charge is 0.354 e. The number of nitrogens with one attached hydrogen (secondary N) is 2. The number of amides is 1. The molecule has 3 aromatic carbocycles. The molecule has 1 amide bonds. The van der Waals surface area contributed by atoms with Crippen molar-refractivity contribution in [3.8, 4) is 0 Å². The van der Waals surface area contributed by atoms with Gasteiger partial charge in [-0.1, -0.05) is 42.5 Å². The zero-order valence-corrected chi connectivity index (χ0v) is 15.0. The molecule has 0 aliphatic rings. The van der Waals surface area contributed by atoms with E-state index in [9.17, 15) is 9.59 Å². The fraction of sp³-hybridized carbons (Fsp3) is 0.0455. The van der Waals surface area contributed by atoms with E-state index in [1.807, 2.05) is 72.8 Å². The Morgan fingerprint density at radius 1 is 0.857 bits per heavy atom. The van der Waals surface area contributed by atoms with Gasteiger partial charge in [0.15, 0.2) is 0 Å². The number of carbonyl (C=O) groups excluding carboxylic acids is 1. The highest BCUT2D eigenvalue weighted by Gasteiger charge is 2.11. The van der Waals surface area contributed by atoms with Crippen molar-refractivity contribution in [2.45, 2.75) is 6.54 Å². The van der Waals surface area contributed by atoms with Crippen molar-refractivity contribution in [3.05, 3.63) is 95.4 Å². The van der Waals surface area contributed by atoms with Gasteiger partial charge in [-0.3, -0.25) is 14.2 Å². The predicted octanol–water partition coefficient (Wildman–Crippen LogP) is 3.78. The molecule has 4 aromatic rings. The van der Waals surface area contributed by atoms with Crippen molar-refractivity contribution in [2.24, 2.45) is 0 Å². The monoisotopic (exact) mass is 370 g/mol. The van der Waals surface area contributed by atoms with Crippen LogP contribution in [-0.2, 0) is 11.3 Å². The lowest BCUT2D eigenvalue weighted by Gasteiger charge is -2.14. The van der Waals surface area contributed by atoms with E-state index in [4.69, 9.17) is 0 Å². The summed E-state index contributed by atoms with van der Waals surface area (Å²) in [6.45, 7) is -0.0957. The molecular formula is C22H18N4O2.